The van der Waals surface area contributed by atoms with Crippen LogP contribution >= 0.6 is 27.3 Å². The highest BCUT2D eigenvalue weighted by Crippen LogP contribution is 2.37. The maximum Gasteiger partial charge on any atom is 0.162 e. The molecule has 1 aromatic carbocycles. The molecule has 0 bridgehead atoms. The highest BCUT2D eigenvalue weighted by Gasteiger charge is 2.15. The van der Waals surface area contributed by atoms with Gasteiger partial charge in [0.1, 0.15) is 13.2 Å². The minimum Gasteiger partial charge on any atom is -0.486 e. The number of fused-ring (bicyclic) bond motifs is 1. The molecular weight excluding hydrogens is 302 g/mol. The van der Waals surface area contributed by atoms with Gasteiger partial charge in [-0.3, -0.25) is 0 Å². The van der Waals surface area contributed by atoms with E-state index >= 15 is 0 Å². The Morgan fingerprint density at radius 2 is 2.00 bits per heavy atom. The van der Waals surface area contributed by atoms with Crippen molar-refractivity contribution in [2.24, 2.45) is 0 Å². The third kappa shape index (κ3) is 2.05. The summed E-state index contributed by atoms with van der Waals surface area (Å²) in [7, 11) is 0. The van der Waals surface area contributed by atoms with Gasteiger partial charge in [0.05, 0.1) is 5.69 Å². The van der Waals surface area contributed by atoms with E-state index in [9.17, 15) is 0 Å². The van der Waals surface area contributed by atoms with Gasteiger partial charge in [-0.05, 0) is 41.1 Å². The van der Waals surface area contributed by atoms with Crippen LogP contribution in [0, 0.1) is 6.92 Å². The zero-order valence-corrected chi connectivity index (χ0v) is 11.6. The molecule has 0 atom stereocenters. The molecule has 0 unspecified atom stereocenters. The molecule has 0 spiro atoms. The van der Waals surface area contributed by atoms with Gasteiger partial charge in [0, 0.05) is 10.4 Å². The minimum absolute atomic E-state index is 0.607. The molecule has 0 fully saturated rings. The second-order valence-electron chi connectivity index (χ2n) is 3.73. The van der Waals surface area contributed by atoms with E-state index in [4.69, 9.17) is 9.47 Å². The molecule has 2 aromatic rings. The topological polar surface area (TPSA) is 31.4 Å². The van der Waals surface area contributed by atoms with Gasteiger partial charge in [0.2, 0.25) is 0 Å². The summed E-state index contributed by atoms with van der Waals surface area (Å²) in [6.45, 7) is 3.29. The van der Waals surface area contributed by atoms with Gasteiger partial charge in [-0.25, -0.2) is 4.98 Å². The van der Waals surface area contributed by atoms with Gasteiger partial charge >= 0.3 is 0 Å². The highest BCUT2D eigenvalue weighted by molar-refractivity contribution is 9.11. The lowest BCUT2D eigenvalue weighted by Gasteiger charge is -2.18. The number of halogens is 1. The van der Waals surface area contributed by atoms with Crippen molar-refractivity contribution in [3.05, 3.63) is 27.0 Å². The summed E-state index contributed by atoms with van der Waals surface area (Å²) in [6, 6.07) is 5.95. The number of aromatic nitrogens is 1. The highest BCUT2D eigenvalue weighted by atomic mass is 79.9. The number of nitrogens with zero attached hydrogens (tertiary/aromatic N) is 1. The van der Waals surface area contributed by atoms with Crippen LogP contribution in [0.2, 0.25) is 0 Å². The molecule has 3 nitrogen and oxygen atoms in total. The average molecular weight is 312 g/mol. The van der Waals surface area contributed by atoms with Gasteiger partial charge in [-0.1, -0.05) is 0 Å². The average Bonchev–Trinajstić information content (AvgIpc) is 2.68. The van der Waals surface area contributed by atoms with E-state index in [0.717, 1.165) is 26.7 Å². The fourth-order valence-corrected chi connectivity index (χ4v) is 3.38. The molecule has 1 aliphatic heterocycles. The quantitative estimate of drug-likeness (QED) is 0.805. The van der Waals surface area contributed by atoms with Gasteiger partial charge in [0.15, 0.2) is 15.4 Å². The Morgan fingerprint density at radius 1 is 1.24 bits per heavy atom. The number of hydrogen-bond donors (Lipinski definition) is 0. The summed E-state index contributed by atoms with van der Waals surface area (Å²) in [5.74, 6) is 1.62. The normalized spacial score (nSPS) is 13.8. The molecule has 0 saturated heterocycles. The molecule has 17 heavy (non-hydrogen) atoms. The third-order valence-electron chi connectivity index (χ3n) is 2.59. The van der Waals surface area contributed by atoms with Gasteiger partial charge in [-0.2, -0.15) is 0 Å². The molecule has 0 amide bonds. The van der Waals surface area contributed by atoms with Crippen molar-refractivity contribution >= 4 is 27.3 Å². The van der Waals surface area contributed by atoms with Crippen LogP contribution in [0.4, 0.5) is 0 Å². The van der Waals surface area contributed by atoms with Crippen LogP contribution in [0.1, 0.15) is 4.88 Å². The Bertz CT molecular complexity index is 568. The zero-order valence-electron chi connectivity index (χ0n) is 9.20. The third-order valence-corrected chi connectivity index (χ3v) is 4.01. The molecule has 5 heteroatoms. The first-order valence-corrected chi connectivity index (χ1v) is 6.88. The van der Waals surface area contributed by atoms with Crippen molar-refractivity contribution in [1.29, 1.82) is 0 Å². The molecule has 0 aliphatic carbocycles. The van der Waals surface area contributed by atoms with Crippen molar-refractivity contribution < 1.29 is 9.47 Å². The van der Waals surface area contributed by atoms with Crippen molar-refractivity contribution in [1.82, 2.24) is 4.98 Å². The predicted molar refractivity (Wildman–Crippen MR) is 71.0 cm³/mol. The Balaban J connectivity index is 2.06. The minimum atomic E-state index is 0.607. The Hall–Kier alpha value is -1.07. The molecule has 1 aliphatic rings. The second-order valence-corrected chi connectivity index (χ2v) is 6.21. The van der Waals surface area contributed by atoms with E-state index in [2.05, 4.69) is 27.8 Å². The van der Waals surface area contributed by atoms with Crippen LogP contribution in [0.3, 0.4) is 0 Å². The van der Waals surface area contributed by atoms with Crippen molar-refractivity contribution in [2.45, 2.75) is 6.92 Å². The van der Waals surface area contributed by atoms with Gasteiger partial charge < -0.3 is 9.47 Å². The van der Waals surface area contributed by atoms with Crippen molar-refractivity contribution in [3.8, 4) is 22.8 Å². The predicted octanol–water partition coefficient (Wildman–Crippen LogP) is 3.65. The fourth-order valence-electron chi connectivity index (χ4n) is 1.82. The van der Waals surface area contributed by atoms with Crippen LogP contribution in [-0.2, 0) is 0 Å². The van der Waals surface area contributed by atoms with E-state index in [-0.39, 0.29) is 0 Å². The summed E-state index contributed by atoms with van der Waals surface area (Å²) in [6.07, 6.45) is 0. The number of aryl methyl sites for hydroxylation is 1. The summed E-state index contributed by atoms with van der Waals surface area (Å²) >= 11 is 5.04. The second kappa shape index (κ2) is 4.31. The number of benzene rings is 1. The van der Waals surface area contributed by atoms with Crippen LogP contribution in [0.15, 0.2) is 22.1 Å². The molecule has 1 aromatic heterocycles. The van der Waals surface area contributed by atoms with E-state index < -0.39 is 0 Å². The Morgan fingerprint density at radius 3 is 2.71 bits per heavy atom. The standard InChI is InChI=1S/C12H10BrNO2S/c1-7-11(14-12(13)17-7)8-2-3-9-10(6-8)16-5-4-15-9/h2-3,6H,4-5H2,1H3. The molecule has 3 rings (SSSR count). The lowest BCUT2D eigenvalue weighted by atomic mass is 10.1. The summed E-state index contributed by atoms with van der Waals surface area (Å²) in [4.78, 5) is 5.66. The first-order valence-electron chi connectivity index (χ1n) is 5.27. The maximum absolute atomic E-state index is 5.57. The molecular formula is C12H10BrNO2S. The summed E-state index contributed by atoms with van der Waals surface area (Å²) in [5.41, 5.74) is 2.06. The Labute approximate surface area is 112 Å². The van der Waals surface area contributed by atoms with E-state index in [1.807, 2.05) is 18.2 Å². The van der Waals surface area contributed by atoms with Gasteiger partial charge in [-0.15, -0.1) is 11.3 Å². The molecule has 0 radical (unpaired) electrons. The summed E-state index contributed by atoms with van der Waals surface area (Å²) in [5, 5.41) is 0. The van der Waals surface area contributed by atoms with E-state index in [1.54, 1.807) is 11.3 Å². The first-order chi connectivity index (χ1) is 8.24. The number of rotatable bonds is 1. The smallest absolute Gasteiger partial charge is 0.162 e. The first kappa shape index (κ1) is 11.0. The van der Waals surface area contributed by atoms with Crippen LogP contribution < -0.4 is 9.47 Å². The van der Waals surface area contributed by atoms with E-state index in [1.165, 1.54) is 4.88 Å². The maximum atomic E-state index is 5.57. The van der Waals surface area contributed by atoms with Crippen molar-refractivity contribution in [3.63, 3.8) is 0 Å². The Kier molecular flexibility index (Phi) is 2.80. The van der Waals surface area contributed by atoms with Crippen LogP contribution in [0.25, 0.3) is 11.3 Å². The lowest BCUT2D eigenvalue weighted by molar-refractivity contribution is 0.171. The zero-order chi connectivity index (χ0) is 11.8. The number of thiazole rings is 1. The van der Waals surface area contributed by atoms with E-state index in [0.29, 0.717) is 13.2 Å². The molecule has 0 N–H and O–H groups in total. The van der Waals surface area contributed by atoms with Crippen molar-refractivity contribution in [2.75, 3.05) is 13.2 Å². The molecule has 2 heterocycles. The largest absolute Gasteiger partial charge is 0.486 e. The monoisotopic (exact) mass is 311 g/mol. The van der Waals surface area contributed by atoms with Gasteiger partial charge in [0.25, 0.3) is 0 Å². The summed E-state index contributed by atoms with van der Waals surface area (Å²) < 4.78 is 12.0. The lowest BCUT2D eigenvalue weighted by Crippen LogP contribution is -2.15. The number of ether oxygens (including phenoxy) is 2. The molecule has 88 valence electrons. The number of hydrogen-bond acceptors (Lipinski definition) is 4. The molecule has 0 saturated carbocycles. The van der Waals surface area contributed by atoms with Crippen LogP contribution in [0.5, 0.6) is 11.5 Å². The SMILES string of the molecule is Cc1sc(Br)nc1-c1ccc2c(c1)OCCO2. The fraction of sp³-hybridized carbons (Fsp3) is 0.250. The van der Waals surface area contributed by atoms with Crippen LogP contribution in [-0.4, -0.2) is 18.2 Å².